The van der Waals surface area contributed by atoms with Gasteiger partial charge in [-0.3, -0.25) is 14.2 Å². The molecule has 0 aliphatic heterocycles. The minimum absolute atomic E-state index is 0. The van der Waals surface area contributed by atoms with Crippen molar-refractivity contribution in [3.63, 3.8) is 0 Å². The zero-order valence-corrected chi connectivity index (χ0v) is 24.8. The molecule has 0 unspecified atom stereocenters. The van der Waals surface area contributed by atoms with Crippen molar-refractivity contribution in [2.45, 2.75) is 27.7 Å². The van der Waals surface area contributed by atoms with E-state index in [0.29, 0.717) is 48.9 Å². The quantitative estimate of drug-likeness (QED) is 0.236. The molecule has 0 N–H and O–H groups in total. The smallest absolute Gasteiger partial charge is 0.870 e. The van der Waals surface area contributed by atoms with Crippen molar-refractivity contribution in [1.29, 1.82) is 0 Å². The Labute approximate surface area is 238 Å². The van der Waals surface area contributed by atoms with Crippen molar-refractivity contribution < 1.29 is 41.0 Å². The van der Waals surface area contributed by atoms with E-state index >= 15 is 0 Å². The van der Waals surface area contributed by atoms with Crippen LogP contribution >= 0.6 is 12.2 Å². The van der Waals surface area contributed by atoms with E-state index in [0.717, 1.165) is 0 Å². The van der Waals surface area contributed by atoms with Gasteiger partial charge in [-0.05, 0) is 37.1 Å². The zero-order chi connectivity index (χ0) is 27.6. The van der Waals surface area contributed by atoms with Gasteiger partial charge in [-0.1, -0.05) is 61.8 Å². The average molecular weight is 588 g/mol. The molecule has 0 aliphatic rings. The summed E-state index contributed by atoms with van der Waals surface area (Å²) in [5.41, 5.74) is 0.770. The molecular weight excluding hydrogens is 553 g/mol. The summed E-state index contributed by atoms with van der Waals surface area (Å²) in [5.74, 6) is 0.350. The number of thiocarbonyl (C=S) groups is 1. The van der Waals surface area contributed by atoms with Crippen molar-refractivity contribution >= 4 is 40.6 Å². The zero-order valence-electron chi connectivity index (χ0n) is 22.0. The summed E-state index contributed by atoms with van der Waals surface area (Å²) in [7, 11) is -0.611. The summed E-state index contributed by atoms with van der Waals surface area (Å²) in [6, 6.07) is 10.3. The van der Waals surface area contributed by atoms with Gasteiger partial charge in [0.2, 0.25) is 0 Å². The van der Waals surface area contributed by atoms with Crippen LogP contribution in [0.4, 0.5) is 0 Å². The molecule has 11 heteroatoms. The van der Waals surface area contributed by atoms with E-state index in [2.05, 4.69) is 22.2 Å². The minimum Gasteiger partial charge on any atom is -0.870 e. The summed E-state index contributed by atoms with van der Waals surface area (Å²) >= 11 is 3.70. The Morgan fingerprint density at radius 2 is 1.27 bits per heavy atom. The van der Waals surface area contributed by atoms with Crippen LogP contribution in [0.15, 0.2) is 46.4 Å². The maximum absolute atomic E-state index is 12.3. The third-order valence-corrected chi connectivity index (χ3v) is 4.12. The predicted octanol–water partition coefficient (Wildman–Crippen LogP) is 3.85. The van der Waals surface area contributed by atoms with Crippen LogP contribution in [-0.2, 0) is 27.9 Å². The molecule has 2 aromatic rings. The van der Waals surface area contributed by atoms with Crippen LogP contribution in [0.3, 0.4) is 0 Å². The second-order valence-corrected chi connectivity index (χ2v) is 9.82. The maximum Gasteiger partial charge on any atom is 3.00 e. The minimum atomic E-state index is -0.611. The first-order valence-corrected chi connectivity index (χ1v) is 13.5. The van der Waals surface area contributed by atoms with Gasteiger partial charge in [0.25, 0.3) is 0 Å². The monoisotopic (exact) mass is 587 g/mol. The number of hydrogen-bond acceptors (Lipinski definition) is 8. The number of para-hydroxylation sites is 2. The van der Waals surface area contributed by atoms with Gasteiger partial charge in [-0.2, -0.15) is 5.16 Å². The van der Waals surface area contributed by atoms with Gasteiger partial charge in [0.1, 0.15) is 11.5 Å². The molecule has 0 heterocycles. The van der Waals surface area contributed by atoms with Crippen molar-refractivity contribution in [2.75, 3.05) is 38.8 Å². The summed E-state index contributed by atoms with van der Waals surface area (Å²) in [6.45, 7) is 9.62. The fourth-order valence-corrected chi connectivity index (χ4v) is 2.64. The fraction of sp³-hybridized carbons (Fsp3) is 0.423. The van der Waals surface area contributed by atoms with E-state index in [1.54, 1.807) is 61.3 Å². The van der Waals surface area contributed by atoms with E-state index < -0.39 is 10.8 Å². The third-order valence-electron chi connectivity index (χ3n) is 4.12. The van der Waals surface area contributed by atoms with Gasteiger partial charge >= 0.3 is 17.1 Å². The number of nitrogens with zero attached hydrogens (tertiary/aromatic N) is 3. The normalized spacial score (nSPS) is 10.6. The molecule has 0 atom stereocenters. The molecule has 0 bridgehead atoms. The molecule has 0 amide bonds. The van der Waals surface area contributed by atoms with Gasteiger partial charge in [0.15, 0.2) is 0 Å². The Morgan fingerprint density at radius 1 is 0.946 bits per heavy atom. The molecule has 0 aromatic heterocycles. The summed E-state index contributed by atoms with van der Waals surface area (Å²) in [5, 5.41) is 33.0. The van der Waals surface area contributed by atoms with E-state index in [1.807, 2.05) is 27.7 Å². The average Bonchev–Trinajstić information content (AvgIpc) is 2.79. The molecule has 0 radical (unpaired) electrons. The van der Waals surface area contributed by atoms with E-state index in [1.165, 1.54) is 5.16 Å². The molecule has 0 fully saturated rings. The van der Waals surface area contributed by atoms with E-state index in [-0.39, 0.29) is 34.0 Å². The number of ether oxygens (including phenoxy) is 2. The van der Waals surface area contributed by atoms with Gasteiger partial charge in [0, 0.05) is 54.2 Å². The van der Waals surface area contributed by atoms with Crippen molar-refractivity contribution in [1.82, 2.24) is 0 Å². The standard InChI is InChI=1S/C23H30N2O4.C2H6OS.CNS.Mn/c1-5-28-19-11-7-9-17(21(19)26)13-24-15-23(3,4)16-25-14-18-10-8-12-20(22(18)27)29-6-2;1-4(2)3;2-1-3;/h7-14,26-27H,5-6,15-16H2,1-4H3;1-2H3;;/q;;-1;+3/p-2. The molecule has 202 valence electrons. The first kappa shape index (κ1) is 36.6. The Balaban J connectivity index is 0. The number of benzene rings is 2. The van der Waals surface area contributed by atoms with Gasteiger partial charge in [-0.15, -0.1) is 0 Å². The summed E-state index contributed by atoms with van der Waals surface area (Å²) in [4.78, 5) is 8.84. The molecule has 37 heavy (non-hydrogen) atoms. The Hall–Kier alpha value is -2.55. The Morgan fingerprint density at radius 3 is 1.57 bits per heavy atom. The number of hydrogen-bond donors (Lipinski definition) is 0. The van der Waals surface area contributed by atoms with Crippen molar-refractivity contribution in [3.05, 3.63) is 52.9 Å². The number of rotatable bonds is 10. The topological polar surface area (TPSA) is 129 Å². The Kier molecular flexibility index (Phi) is 20.3. The van der Waals surface area contributed by atoms with Crippen molar-refractivity contribution in [2.24, 2.45) is 15.4 Å². The van der Waals surface area contributed by atoms with Crippen LogP contribution < -0.4 is 19.7 Å². The van der Waals surface area contributed by atoms with Crippen LogP contribution in [0, 0.1) is 5.41 Å². The van der Waals surface area contributed by atoms with Gasteiger partial charge < -0.3 is 25.1 Å². The molecule has 8 nitrogen and oxygen atoms in total. The van der Waals surface area contributed by atoms with Crippen LogP contribution in [0.25, 0.3) is 5.41 Å². The van der Waals surface area contributed by atoms with E-state index in [4.69, 9.17) is 14.9 Å². The second-order valence-electron chi connectivity index (χ2n) is 8.15. The first-order chi connectivity index (χ1) is 17.0. The maximum atomic E-state index is 12.3. The van der Waals surface area contributed by atoms with Crippen LogP contribution in [0.1, 0.15) is 38.8 Å². The molecule has 0 spiro atoms. The molecule has 2 rings (SSSR count). The molecule has 0 aliphatic carbocycles. The number of aliphatic imine (C=N–C) groups is 2. The first-order valence-electron chi connectivity index (χ1n) is 11.1. The third kappa shape index (κ3) is 16.0. The molecule has 0 saturated heterocycles. The van der Waals surface area contributed by atoms with Gasteiger partial charge in [0.05, 0.1) is 13.2 Å². The summed E-state index contributed by atoms with van der Waals surface area (Å²) < 4.78 is 20.2. The largest absolute Gasteiger partial charge is 3.00 e. The molecule has 2 aromatic carbocycles. The second kappa shape index (κ2) is 20.5. The van der Waals surface area contributed by atoms with Gasteiger partial charge in [-0.25, -0.2) is 0 Å². The van der Waals surface area contributed by atoms with Crippen molar-refractivity contribution in [3.8, 4) is 23.0 Å². The molecule has 0 saturated carbocycles. The van der Waals surface area contributed by atoms with Crippen LogP contribution in [-0.4, -0.2) is 60.6 Å². The summed E-state index contributed by atoms with van der Waals surface area (Å²) in [6.07, 6.45) is 6.44. The van der Waals surface area contributed by atoms with Crippen LogP contribution in [0.5, 0.6) is 23.0 Å². The Bertz CT molecular complexity index is 983. The predicted molar refractivity (Wildman–Crippen MR) is 149 cm³/mol. The molecular formula is C26H34MnN3O5S2. The van der Waals surface area contributed by atoms with E-state index in [9.17, 15) is 14.4 Å². The van der Waals surface area contributed by atoms with Crippen LogP contribution in [0.2, 0.25) is 0 Å². The fourth-order valence-electron chi connectivity index (χ4n) is 2.64. The number of isothiocyanates is 1. The SMILES string of the molecule is CCOc1cccc(C=NCC(C)(C)CN=Cc2cccc(OCC)c2[O-])c1[O-].CS(C)=O.[Mn+3].[N-]=C=S.